The fourth-order valence-electron chi connectivity index (χ4n) is 2.19. The SMILES string of the molecule is CNC(=O)Cc1ccc(NC(C)CC2CC2)cc1. The summed E-state index contributed by atoms with van der Waals surface area (Å²) in [6.45, 7) is 2.23. The number of carbonyl (C=O) groups excluding carboxylic acids is 1. The average molecular weight is 246 g/mol. The molecule has 2 rings (SSSR count). The zero-order valence-electron chi connectivity index (χ0n) is 11.2. The van der Waals surface area contributed by atoms with Crippen LogP contribution in [0.1, 0.15) is 31.7 Å². The number of likely N-dealkylation sites (N-methyl/N-ethyl adjacent to an activating group) is 1. The van der Waals surface area contributed by atoms with Gasteiger partial charge in [0.1, 0.15) is 0 Å². The largest absolute Gasteiger partial charge is 0.383 e. The lowest BCUT2D eigenvalue weighted by atomic mass is 10.1. The minimum absolute atomic E-state index is 0.0535. The predicted molar refractivity (Wildman–Crippen MR) is 74.6 cm³/mol. The van der Waals surface area contributed by atoms with Crippen LogP contribution in [-0.4, -0.2) is 19.0 Å². The summed E-state index contributed by atoms with van der Waals surface area (Å²) < 4.78 is 0. The van der Waals surface area contributed by atoms with Gasteiger partial charge in [-0.05, 0) is 37.0 Å². The molecule has 1 amide bonds. The van der Waals surface area contributed by atoms with Crippen LogP contribution in [0, 0.1) is 5.92 Å². The Morgan fingerprint density at radius 2 is 2.00 bits per heavy atom. The van der Waals surface area contributed by atoms with E-state index in [0.29, 0.717) is 12.5 Å². The lowest BCUT2D eigenvalue weighted by Gasteiger charge is -2.15. The third kappa shape index (κ3) is 4.06. The monoisotopic (exact) mass is 246 g/mol. The first kappa shape index (κ1) is 12.9. The Morgan fingerprint density at radius 3 is 2.56 bits per heavy atom. The summed E-state index contributed by atoms with van der Waals surface area (Å²) in [6.07, 6.45) is 4.52. The van der Waals surface area contributed by atoms with E-state index >= 15 is 0 Å². The molecular weight excluding hydrogens is 224 g/mol. The lowest BCUT2D eigenvalue weighted by molar-refractivity contribution is -0.119. The summed E-state index contributed by atoms with van der Waals surface area (Å²) in [4.78, 5) is 11.2. The molecule has 1 aliphatic rings. The van der Waals surface area contributed by atoms with Crippen molar-refractivity contribution < 1.29 is 4.79 Å². The van der Waals surface area contributed by atoms with E-state index in [4.69, 9.17) is 0 Å². The standard InChI is InChI=1S/C15H22N2O/c1-11(9-12-3-4-12)17-14-7-5-13(6-8-14)10-15(18)16-2/h5-8,11-12,17H,3-4,9-10H2,1-2H3,(H,16,18). The maximum Gasteiger partial charge on any atom is 0.224 e. The fourth-order valence-corrected chi connectivity index (χ4v) is 2.19. The molecule has 0 radical (unpaired) electrons. The van der Waals surface area contributed by atoms with Gasteiger partial charge in [0.25, 0.3) is 0 Å². The Bertz CT molecular complexity index is 395. The van der Waals surface area contributed by atoms with Crippen molar-refractivity contribution in [3.8, 4) is 0 Å². The van der Waals surface area contributed by atoms with Crippen LogP contribution in [0.5, 0.6) is 0 Å². The zero-order valence-corrected chi connectivity index (χ0v) is 11.2. The highest BCUT2D eigenvalue weighted by Crippen LogP contribution is 2.34. The molecule has 3 heteroatoms. The highest BCUT2D eigenvalue weighted by atomic mass is 16.1. The number of benzene rings is 1. The normalized spacial score (nSPS) is 16.1. The van der Waals surface area contributed by atoms with Gasteiger partial charge in [-0.3, -0.25) is 4.79 Å². The van der Waals surface area contributed by atoms with Crippen LogP contribution < -0.4 is 10.6 Å². The molecule has 1 aliphatic carbocycles. The van der Waals surface area contributed by atoms with Crippen LogP contribution in [0.25, 0.3) is 0 Å². The van der Waals surface area contributed by atoms with E-state index in [9.17, 15) is 4.79 Å². The van der Waals surface area contributed by atoms with E-state index < -0.39 is 0 Å². The Balaban J connectivity index is 1.84. The molecule has 0 aromatic heterocycles. The summed E-state index contributed by atoms with van der Waals surface area (Å²) in [5.41, 5.74) is 2.19. The summed E-state index contributed by atoms with van der Waals surface area (Å²) in [7, 11) is 1.66. The molecule has 1 atom stereocenters. The molecule has 1 saturated carbocycles. The van der Waals surface area contributed by atoms with E-state index in [1.807, 2.05) is 12.1 Å². The molecule has 18 heavy (non-hydrogen) atoms. The Labute approximate surface area is 109 Å². The Hall–Kier alpha value is -1.51. The van der Waals surface area contributed by atoms with Gasteiger partial charge in [-0.15, -0.1) is 0 Å². The van der Waals surface area contributed by atoms with Gasteiger partial charge in [-0.25, -0.2) is 0 Å². The topological polar surface area (TPSA) is 41.1 Å². The first-order valence-corrected chi connectivity index (χ1v) is 6.73. The molecule has 98 valence electrons. The van der Waals surface area contributed by atoms with Crippen molar-refractivity contribution in [1.29, 1.82) is 0 Å². The van der Waals surface area contributed by atoms with Gasteiger partial charge >= 0.3 is 0 Å². The maximum atomic E-state index is 11.2. The van der Waals surface area contributed by atoms with Crippen molar-refractivity contribution in [3.63, 3.8) is 0 Å². The third-order valence-corrected chi connectivity index (χ3v) is 3.39. The Morgan fingerprint density at radius 1 is 1.33 bits per heavy atom. The number of hydrogen-bond donors (Lipinski definition) is 2. The van der Waals surface area contributed by atoms with Crippen LogP contribution in [0.4, 0.5) is 5.69 Å². The minimum atomic E-state index is 0.0535. The smallest absolute Gasteiger partial charge is 0.224 e. The quantitative estimate of drug-likeness (QED) is 0.810. The first-order chi connectivity index (χ1) is 8.67. The van der Waals surface area contributed by atoms with E-state index in [-0.39, 0.29) is 5.91 Å². The van der Waals surface area contributed by atoms with Crippen LogP contribution in [0.15, 0.2) is 24.3 Å². The van der Waals surface area contributed by atoms with Crippen LogP contribution in [0.3, 0.4) is 0 Å². The molecule has 0 bridgehead atoms. The number of anilines is 1. The molecule has 0 spiro atoms. The molecule has 0 saturated heterocycles. The second kappa shape index (κ2) is 5.89. The molecule has 1 unspecified atom stereocenters. The number of rotatable bonds is 6. The number of nitrogens with one attached hydrogen (secondary N) is 2. The number of hydrogen-bond acceptors (Lipinski definition) is 2. The van der Waals surface area contributed by atoms with E-state index in [1.54, 1.807) is 7.05 Å². The van der Waals surface area contributed by atoms with Crippen LogP contribution in [0.2, 0.25) is 0 Å². The summed E-state index contributed by atoms with van der Waals surface area (Å²) in [5, 5.41) is 6.14. The summed E-state index contributed by atoms with van der Waals surface area (Å²) in [6, 6.07) is 8.67. The molecule has 1 aromatic carbocycles. The summed E-state index contributed by atoms with van der Waals surface area (Å²) in [5.74, 6) is 0.998. The van der Waals surface area contributed by atoms with Crippen LogP contribution >= 0.6 is 0 Å². The number of amides is 1. The van der Waals surface area contributed by atoms with Crippen molar-refractivity contribution >= 4 is 11.6 Å². The zero-order chi connectivity index (χ0) is 13.0. The molecule has 1 fully saturated rings. The number of carbonyl (C=O) groups is 1. The lowest BCUT2D eigenvalue weighted by Crippen LogP contribution is -2.20. The van der Waals surface area contributed by atoms with Gasteiger partial charge < -0.3 is 10.6 Å². The van der Waals surface area contributed by atoms with Crippen molar-refractivity contribution in [3.05, 3.63) is 29.8 Å². The third-order valence-electron chi connectivity index (χ3n) is 3.39. The van der Waals surface area contributed by atoms with Crippen molar-refractivity contribution in [2.45, 2.75) is 38.6 Å². The van der Waals surface area contributed by atoms with Gasteiger partial charge in [0, 0.05) is 18.8 Å². The van der Waals surface area contributed by atoms with Crippen molar-refractivity contribution in [2.75, 3.05) is 12.4 Å². The predicted octanol–water partition coefficient (Wildman–Crippen LogP) is 2.58. The molecule has 1 aromatic rings. The molecule has 2 N–H and O–H groups in total. The van der Waals surface area contributed by atoms with Gasteiger partial charge in [0.05, 0.1) is 6.42 Å². The minimum Gasteiger partial charge on any atom is -0.383 e. The molecule has 0 heterocycles. The van der Waals surface area contributed by atoms with Crippen molar-refractivity contribution in [1.82, 2.24) is 5.32 Å². The van der Waals surface area contributed by atoms with E-state index in [0.717, 1.165) is 17.2 Å². The highest BCUT2D eigenvalue weighted by Gasteiger charge is 2.23. The fraction of sp³-hybridized carbons (Fsp3) is 0.533. The second-order valence-corrected chi connectivity index (χ2v) is 5.27. The first-order valence-electron chi connectivity index (χ1n) is 6.73. The van der Waals surface area contributed by atoms with E-state index in [2.05, 4.69) is 29.7 Å². The van der Waals surface area contributed by atoms with Gasteiger partial charge in [0.15, 0.2) is 0 Å². The highest BCUT2D eigenvalue weighted by molar-refractivity contribution is 5.78. The molecule has 3 nitrogen and oxygen atoms in total. The van der Waals surface area contributed by atoms with Crippen molar-refractivity contribution in [2.24, 2.45) is 5.92 Å². The Kier molecular flexibility index (Phi) is 4.24. The van der Waals surface area contributed by atoms with Gasteiger partial charge in [-0.2, -0.15) is 0 Å². The molecule has 0 aliphatic heterocycles. The average Bonchev–Trinajstić information content (AvgIpc) is 3.15. The summed E-state index contributed by atoms with van der Waals surface area (Å²) >= 11 is 0. The maximum absolute atomic E-state index is 11.2. The van der Waals surface area contributed by atoms with Gasteiger partial charge in [-0.1, -0.05) is 25.0 Å². The molecular formula is C15H22N2O. The van der Waals surface area contributed by atoms with Gasteiger partial charge in [0.2, 0.25) is 5.91 Å². The van der Waals surface area contributed by atoms with E-state index in [1.165, 1.54) is 19.3 Å². The van der Waals surface area contributed by atoms with Crippen LogP contribution in [-0.2, 0) is 11.2 Å². The second-order valence-electron chi connectivity index (χ2n) is 5.27.